The molecule has 0 fully saturated rings. The molecule has 2 heteroatoms. The Morgan fingerprint density at radius 2 is 2.08 bits per heavy atom. The molecule has 0 aromatic rings. The van der Waals surface area contributed by atoms with Crippen LogP contribution in [0.5, 0.6) is 0 Å². The molecule has 1 N–H and O–H groups in total. The van der Waals surface area contributed by atoms with Gasteiger partial charge in [0.05, 0.1) is 11.6 Å². The summed E-state index contributed by atoms with van der Waals surface area (Å²) in [6.45, 7) is 13.3. The molecule has 0 saturated heterocycles. The molecular weight excluding hydrogens is 162 g/mol. The molecule has 0 aliphatic rings. The van der Waals surface area contributed by atoms with Crippen LogP contribution in [-0.2, 0) is 4.74 Å². The van der Waals surface area contributed by atoms with E-state index in [1.807, 2.05) is 6.92 Å². The van der Waals surface area contributed by atoms with E-state index < -0.39 is 0 Å². The standard InChI is InChI=1S/C11H23NO/c1-7-8-12-10(9(2)3)11(4,5)13-6/h10,12H,2,7-8H2,1,3-6H3. The highest BCUT2D eigenvalue weighted by molar-refractivity contribution is 5.09. The number of ether oxygens (including phenoxy) is 1. The van der Waals surface area contributed by atoms with Gasteiger partial charge in [-0.1, -0.05) is 19.1 Å². The van der Waals surface area contributed by atoms with Crippen molar-refractivity contribution in [3.05, 3.63) is 12.2 Å². The summed E-state index contributed by atoms with van der Waals surface area (Å²) < 4.78 is 5.43. The fraction of sp³-hybridized carbons (Fsp3) is 0.818. The molecule has 0 aromatic carbocycles. The van der Waals surface area contributed by atoms with E-state index in [0.717, 1.165) is 18.5 Å². The molecule has 0 bridgehead atoms. The van der Waals surface area contributed by atoms with Crippen molar-refractivity contribution in [1.82, 2.24) is 5.32 Å². The summed E-state index contributed by atoms with van der Waals surface area (Å²) in [7, 11) is 1.74. The van der Waals surface area contributed by atoms with Gasteiger partial charge >= 0.3 is 0 Å². The second-order valence-corrected chi connectivity index (χ2v) is 4.04. The van der Waals surface area contributed by atoms with E-state index >= 15 is 0 Å². The van der Waals surface area contributed by atoms with Gasteiger partial charge in [0.1, 0.15) is 0 Å². The number of hydrogen-bond acceptors (Lipinski definition) is 2. The van der Waals surface area contributed by atoms with Crippen molar-refractivity contribution in [3.63, 3.8) is 0 Å². The zero-order valence-corrected chi connectivity index (χ0v) is 9.61. The first-order valence-electron chi connectivity index (χ1n) is 4.89. The van der Waals surface area contributed by atoms with E-state index in [1.165, 1.54) is 0 Å². The fourth-order valence-electron chi connectivity index (χ4n) is 1.42. The number of methoxy groups -OCH3 is 1. The van der Waals surface area contributed by atoms with E-state index in [0.29, 0.717) is 0 Å². The van der Waals surface area contributed by atoms with Crippen molar-refractivity contribution in [2.75, 3.05) is 13.7 Å². The van der Waals surface area contributed by atoms with Gasteiger partial charge in [-0.05, 0) is 33.7 Å². The Morgan fingerprint density at radius 1 is 1.54 bits per heavy atom. The van der Waals surface area contributed by atoms with Crippen LogP contribution in [0.4, 0.5) is 0 Å². The third-order valence-corrected chi connectivity index (χ3v) is 2.31. The second-order valence-electron chi connectivity index (χ2n) is 4.04. The van der Waals surface area contributed by atoms with E-state index in [1.54, 1.807) is 7.11 Å². The van der Waals surface area contributed by atoms with Crippen molar-refractivity contribution >= 4 is 0 Å². The van der Waals surface area contributed by atoms with Crippen LogP contribution in [0.25, 0.3) is 0 Å². The number of rotatable bonds is 6. The van der Waals surface area contributed by atoms with Crippen molar-refractivity contribution in [3.8, 4) is 0 Å². The first-order chi connectivity index (χ1) is 5.95. The van der Waals surface area contributed by atoms with Gasteiger partial charge in [0, 0.05) is 7.11 Å². The van der Waals surface area contributed by atoms with Gasteiger partial charge in [-0.3, -0.25) is 0 Å². The summed E-state index contributed by atoms with van der Waals surface area (Å²) in [5, 5.41) is 3.44. The number of nitrogens with one attached hydrogen (secondary N) is 1. The van der Waals surface area contributed by atoms with Gasteiger partial charge in [0.2, 0.25) is 0 Å². The summed E-state index contributed by atoms with van der Waals surface area (Å²) in [6.07, 6.45) is 1.13. The average molecular weight is 185 g/mol. The van der Waals surface area contributed by atoms with Crippen LogP contribution < -0.4 is 5.32 Å². The summed E-state index contributed by atoms with van der Waals surface area (Å²) >= 11 is 0. The summed E-state index contributed by atoms with van der Waals surface area (Å²) in [5.74, 6) is 0. The van der Waals surface area contributed by atoms with Gasteiger partial charge in [-0.15, -0.1) is 0 Å². The van der Waals surface area contributed by atoms with Crippen LogP contribution in [0, 0.1) is 0 Å². The molecule has 0 saturated carbocycles. The van der Waals surface area contributed by atoms with Crippen LogP contribution in [0.3, 0.4) is 0 Å². The van der Waals surface area contributed by atoms with Crippen LogP contribution in [0.2, 0.25) is 0 Å². The minimum atomic E-state index is -0.180. The maximum atomic E-state index is 5.43. The Bertz CT molecular complexity index is 163. The largest absolute Gasteiger partial charge is 0.377 e. The lowest BCUT2D eigenvalue weighted by molar-refractivity contribution is 0.000202. The van der Waals surface area contributed by atoms with E-state index in [9.17, 15) is 0 Å². The van der Waals surface area contributed by atoms with Crippen LogP contribution in [0.15, 0.2) is 12.2 Å². The van der Waals surface area contributed by atoms with Gasteiger partial charge in [0.15, 0.2) is 0 Å². The number of hydrogen-bond donors (Lipinski definition) is 1. The second kappa shape index (κ2) is 5.40. The monoisotopic (exact) mass is 185 g/mol. The molecule has 0 heterocycles. The molecule has 0 aliphatic carbocycles. The molecule has 78 valence electrons. The predicted octanol–water partition coefficient (Wildman–Crippen LogP) is 2.36. The van der Waals surface area contributed by atoms with Crippen LogP contribution in [-0.4, -0.2) is 25.3 Å². The molecule has 1 atom stereocenters. The van der Waals surface area contributed by atoms with E-state index in [-0.39, 0.29) is 11.6 Å². The third-order valence-electron chi connectivity index (χ3n) is 2.31. The molecular formula is C11H23NO. The topological polar surface area (TPSA) is 21.3 Å². The zero-order valence-electron chi connectivity index (χ0n) is 9.61. The SMILES string of the molecule is C=C(C)C(NCCC)C(C)(C)OC. The molecule has 0 radical (unpaired) electrons. The highest BCUT2D eigenvalue weighted by atomic mass is 16.5. The lowest BCUT2D eigenvalue weighted by atomic mass is 9.93. The molecule has 0 spiro atoms. The van der Waals surface area contributed by atoms with Crippen molar-refractivity contribution < 1.29 is 4.74 Å². The molecule has 1 unspecified atom stereocenters. The Labute approximate surface area is 82.4 Å². The first-order valence-corrected chi connectivity index (χ1v) is 4.89. The fourth-order valence-corrected chi connectivity index (χ4v) is 1.42. The molecule has 0 aromatic heterocycles. The van der Waals surface area contributed by atoms with Gasteiger partial charge in [-0.25, -0.2) is 0 Å². The minimum absolute atomic E-state index is 0.180. The van der Waals surface area contributed by atoms with E-state index in [2.05, 4.69) is 32.7 Å². The van der Waals surface area contributed by atoms with Gasteiger partial charge in [0.25, 0.3) is 0 Å². The molecule has 13 heavy (non-hydrogen) atoms. The van der Waals surface area contributed by atoms with E-state index in [4.69, 9.17) is 4.74 Å². The van der Waals surface area contributed by atoms with Crippen molar-refractivity contribution in [2.24, 2.45) is 0 Å². The lowest BCUT2D eigenvalue weighted by Crippen LogP contribution is -2.48. The van der Waals surface area contributed by atoms with Gasteiger partial charge in [-0.2, -0.15) is 0 Å². The smallest absolute Gasteiger partial charge is 0.0813 e. The summed E-state index contributed by atoms with van der Waals surface area (Å²) in [4.78, 5) is 0. The lowest BCUT2D eigenvalue weighted by Gasteiger charge is -2.34. The van der Waals surface area contributed by atoms with Crippen molar-refractivity contribution in [2.45, 2.75) is 45.8 Å². The average Bonchev–Trinajstić information content (AvgIpc) is 2.04. The normalized spacial score (nSPS) is 14.2. The Morgan fingerprint density at radius 3 is 2.38 bits per heavy atom. The summed E-state index contributed by atoms with van der Waals surface area (Å²) in [6, 6.07) is 0.234. The molecule has 0 amide bonds. The highest BCUT2D eigenvalue weighted by Crippen LogP contribution is 2.18. The summed E-state index contributed by atoms with van der Waals surface area (Å²) in [5.41, 5.74) is 0.946. The van der Waals surface area contributed by atoms with Crippen LogP contribution in [0.1, 0.15) is 34.1 Å². The highest BCUT2D eigenvalue weighted by Gasteiger charge is 2.28. The molecule has 0 aliphatic heterocycles. The first kappa shape index (κ1) is 12.7. The maximum absolute atomic E-state index is 5.43. The zero-order chi connectivity index (χ0) is 10.5. The van der Waals surface area contributed by atoms with Crippen LogP contribution >= 0.6 is 0 Å². The van der Waals surface area contributed by atoms with Crippen molar-refractivity contribution in [1.29, 1.82) is 0 Å². The maximum Gasteiger partial charge on any atom is 0.0813 e. The Hall–Kier alpha value is -0.340. The molecule has 2 nitrogen and oxygen atoms in total. The third kappa shape index (κ3) is 3.92. The Balaban J connectivity index is 4.32. The predicted molar refractivity (Wildman–Crippen MR) is 58.0 cm³/mol. The Kier molecular flexibility index (Phi) is 5.26. The molecule has 0 rings (SSSR count). The minimum Gasteiger partial charge on any atom is -0.377 e. The van der Waals surface area contributed by atoms with Gasteiger partial charge < -0.3 is 10.1 Å². The quantitative estimate of drug-likeness (QED) is 0.641.